The van der Waals surface area contributed by atoms with Gasteiger partial charge in [0.25, 0.3) is 0 Å². The zero-order valence-electron chi connectivity index (χ0n) is 9.45. The molecule has 3 nitrogen and oxygen atoms in total. The highest BCUT2D eigenvalue weighted by atomic mass is 35.5. The molecule has 2 rings (SSSR count). The van der Waals surface area contributed by atoms with Crippen molar-refractivity contribution in [3.63, 3.8) is 0 Å². The number of carboxylic acids is 1. The predicted molar refractivity (Wildman–Crippen MR) is 65.6 cm³/mol. The number of furan rings is 1. The third kappa shape index (κ3) is 2.19. The van der Waals surface area contributed by atoms with Crippen LogP contribution < -0.4 is 0 Å². The second-order valence-electron chi connectivity index (χ2n) is 3.84. The predicted octanol–water partition coefficient (Wildman–Crippen LogP) is 3.92. The van der Waals surface area contributed by atoms with Gasteiger partial charge in [-0.15, -0.1) is 0 Å². The highest BCUT2D eigenvalue weighted by Gasteiger charge is 2.15. The minimum absolute atomic E-state index is 0.189. The monoisotopic (exact) mass is 250 g/mol. The van der Waals surface area contributed by atoms with E-state index in [9.17, 15) is 4.79 Å². The molecule has 1 aromatic carbocycles. The number of carbonyl (C=O) groups is 1. The summed E-state index contributed by atoms with van der Waals surface area (Å²) in [6.07, 6.45) is 0. The Balaban J connectivity index is 2.53. The van der Waals surface area contributed by atoms with Gasteiger partial charge in [0.1, 0.15) is 17.1 Å². The topological polar surface area (TPSA) is 50.4 Å². The molecule has 88 valence electrons. The van der Waals surface area contributed by atoms with Crippen LogP contribution in [0.1, 0.15) is 21.7 Å². The maximum Gasteiger partial charge on any atom is 0.339 e. The first-order valence-corrected chi connectivity index (χ1v) is 5.47. The molecular weight excluding hydrogens is 240 g/mol. The third-order valence-corrected chi connectivity index (χ3v) is 2.84. The molecule has 0 amide bonds. The number of aromatic carboxylic acids is 1. The van der Waals surface area contributed by atoms with Crippen LogP contribution in [-0.4, -0.2) is 11.1 Å². The second-order valence-corrected chi connectivity index (χ2v) is 4.28. The lowest BCUT2D eigenvalue weighted by atomic mass is 10.1. The molecule has 0 aliphatic heterocycles. The third-order valence-electron chi connectivity index (χ3n) is 2.60. The van der Waals surface area contributed by atoms with Crippen molar-refractivity contribution in [1.82, 2.24) is 0 Å². The van der Waals surface area contributed by atoms with Crippen LogP contribution in [0.3, 0.4) is 0 Å². The SMILES string of the molecule is Cc1cc(Cl)ccc1-c1cc(C(=O)O)c(C)o1. The van der Waals surface area contributed by atoms with E-state index in [0.29, 0.717) is 16.5 Å². The van der Waals surface area contributed by atoms with E-state index >= 15 is 0 Å². The number of benzene rings is 1. The van der Waals surface area contributed by atoms with Crippen LogP contribution in [0, 0.1) is 13.8 Å². The molecule has 1 N–H and O–H groups in total. The van der Waals surface area contributed by atoms with Crippen molar-refractivity contribution in [1.29, 1.82) is 0 Å². The van der Waals surface area contributed by atoms with Crippen molar-refractivity contribution >= 4 is 17.6 Å². The highest BCUT2D eigenvalue weighted by molar-refractivity contribution is 6.30. The molecule has 0 radical (unpaired) electrons. The first kappa shape index (κ1) is 11.7. The van der Waals surface area contributed by atoms with Crippen molar-refractivity contribution in [3.8, 4) is 11.3 Å². The van der Waals surface area contributed by atoms with Crippen LogP contribution >= 0.6 is 11.6 Å². The first-order valence-electron chi connectivity index (χ1n) is 5.09. The average molecular weight is 251 g/mol. The summed E-state index contributed by atoms with van der Waals surface area (Å²) in [7, 11) is 0. The molecule has 0 saturated carbocycles. The molecule has 0 saturated heterocycles. The molecule has 0 spiro atoms. The Hall–Kier alpha value is -1.74. The Bertz CT molecular complexity index is 584. The first-order chi connectivity index (χ1) is 7.99. The molecule has 0 unspecified atom stereocenters. The minimum Gasteiger partial charge on any atom is -0.478 e. The Morgan fingerprint density at radius 1 is 1.29 bits per heavy atom. The van der Waals surface area contributed by atoms with Gasteiger partial charge in [-0.05, 0) is 43.7 Å². The summed E-state index contributed by atoms with van der Waals surface area (Å²) in [5.74, 6) is -0.0277. The number of rotatable bonds is 2. The van der Waals surface area contributed by atoms with Gasteiger partial charge in [0.2, 0.25) is 0 Å². The van der Waals surface area contributed by atoms with E-state index in [2.05, 4.69) is 0 Å². The van der Waals surface area contributed by atoms with E-state index in [-0.39, 0.29) is 5.56 Å². The van der Waals surface area contributed by atoms with Gasteiger partial charge in [0.05, 0.1) is 0 Å². The lowest BCUT2D eigenvalue weighted by molar-refractivity contribution is 0.0695. The fourth-order valence-electron chi connectivity index (χ4n) is 1.73. The Morgan fingerprint density at radius 3 is 2.53 bits per heavy atom. The summed E-state index contributed by atoms with van der Waals surface area (Å²) >= 11 is 5.87. The fourth-order valence-corrected chi connectivity index (χ4v) is 1.96. The molecule has 0 bridgehead atoms. The summed E-state index contributed by atoms with van der Waals surface area (Å²) < 4.78 is 5.46. The van der Waals surface area contributed by atoms with Crippen molar-refractivity contribution < 1.29 is 14.3 Å². The standard InChI is InChI=1S/C13H11ClO3/c1-7-5-9(14)3-4-10(7)12-6-11(13(15)16)8(2)17-12/h3-6H,1-2H3,(H,15,16). The number of aryl methyl sites for hydroxylation is 2. The smallest absolute Gasteiger partial charge is 0.339 e. The van der Waals surface area contributed by atoms with Crippen molar-refractivity contribution in [2.45, 2.75) is 13.8 Å². The van der Waals surface area contributed by atoms with Crippen LogP contribution in [-0.2, 0) is 0 Å². The Kier molecular flexibility index (Phi) is 2.94. The van der Waals surface area contributed by atoms with Gasteiger partial charge in [0.15, 0.2) is 0 Å². The lowest BCUT2D eigenvalue weighted by Crippen LogP contribution is -1.94. The van der Waals surface area contributed by atoms with Crippen molar-refractivity contribution in [2.75, 3.05) is 0 Å². The molecule has 1 aromatic heterocycles. The molecule has 0 aliphatic rings. The molecule has 4 heteroatoms. The van der Waals surface area contributed by atoms with Crippen LogP contribution in [0.2, 0.25) is 5.02 Å². The van der Waals surface area contributed by atoms with Crippen LogP contribution in [0.15, 0.2) is 28.7 Å². The molecule has 1 heterocycles. The van der Waals surface area contributed by atoms with Crippen LogP contribution in [0.4, 0.5) is 0 Å². The lowest BCUT2D eigenvalue weighted by Gasteiger charge is -2.02. The van der Waals surface area contributed by atoms with Gasteiger partial charge in [0, 0.05) is 10.6 Å². The Morgan fingerprint density at radius 2 is 2.00 bits per heavy atom. The molecule has 0 fully saturated rings. The van der Waals surface area contributed by atoms with E-state index in [1.807, 2.05) is 19.1 Å². The van der Waals surface area contributed by atoms with Gasteiger partial charge >= 0.3 is 5.97 Å². The van der Waals surface area contributed by atoms with Gasteiger partial charge in [-0.3, -0.25) is 0 Å². The van der Waals surface area contributed by atoms with Crippen LogP contribution in [0.5, 0.6) is 0 Å². The normalized spacial score (nSPS) is 10.5. The van der Waals surface area contributed by atoms with Gasteiger partial charge < -0.3 is 9.52 Å². The maximum absolute atomic E-state index is 10.9. The minimum atomic E-state index is -0.982. The number of carboxylic acid groups (broad SMARTS) is 1. The summed E-state index contributed by atoms with van der Waals surface area (Å²) in [5, 5.41) is 9.60. The zero-order chi connectivity index (χ0) is 12.6. The van der Waals surface area contributed by atoms with Gasteiger partial charge in [-0.2, -0.15) is 0 Å². The number of halogens is 1. The van der Waals surface area contributed by atoms with Gasteiger partial charge in [-0.25, -0.2) is 4.79 Å². The van der Waals surface area contributed by atoms with Gasteiger partial charge in [-0.1, -0.05) is 11.6 Å². The van der Waals surface area contributed by atoms with E-state index in [0.717, 1.165) is 11.1 Å². The number of hydrogen-bond acceptors (Lipinski definition) is 2. The van der Waals surface area contributed by atoms with Crippen molar-refractivity contribution in [2.24, 2.45) is 0 Å². The second kappa shape index (κ2) is 4.26. The maximum atomic E-state index is 10.9. The molecule has 0 atom stereocenters. The Labute approximate surface area is 104 Å². The summed E-state index contributed by atoms with van der Waals surface area (Å²) in [5.41, 5.74) is 1.99. The zero-order valence-corrected chi connectivity index (χ0v) is 10.2. The van der Waals surface area contributed by atoms with Crippen molar-refractivity contribution in [3.05, 3.63) is 46.2 Å². The quantitative estimate of drug-likeness (QED) is 0.879. The molecular formula is C13H11ClO3. The number of hydrogen-bond donors (Lipinski definition) is 1. The van der Waals surface area contributed by atoms with E-state index in [1.165, 1.54) is 6.07 Å². The fraction of sp³-hybridized carbons (Fsp3) is 0.154. The summed E-state index contributed by atoms with van der Waals surface area (Å²) in [4.78, 5) is 10.9. The largest absolute Gasteiger partial charge is 0.478 e. The summed E-state index contributed by atoms with van der Waals surface area (Å²) in [6.45, 7) is 3.54. The van der Waals surface area contributed by atoms with E-state index < -0.39 is 5.97 Å². The van der Waals surface area contributed by atoms with Crippen LogP contribution in [0.25, 0.3) is 11.3 Å². The molecule has 17 heavy (non-hydrogen) atoms. The average Bonchev–Trinajstić information content (AvgIpc) is 2.60. The molecule has 2 aromatic rings. The van der Waals surface area contributed by atoms with E-state index in [4.69, 9.17) is 21.1 Å². The summed E-state index contributed by atoms with van der Waals surface area (Å²) in [6, 6.07) is 6.92. The van der Waals surface area contributed by atoms with E-state index in [1.54, 1.807) is 13.0 Å². The molecule has 0 aliphatic carbocycles. The highest BCUT2D eigenvalue weighted by Crippen LogP contribution is 2.29.